The van der Waals surface area contributed by atoms with Crippen molar-refractivity contribution in [2.75, 3.05) is 13.2 Å². The second-order valence-corrected chi connectivity index (χ2v) is 7.80. The largest absolute Gasteiger partial charge is 0.378 e. The summed E-state index contributed by atoms with van der Waals surface area (Å²) in [5, 5.41) is 10.3. The monoisotopic (exact) mass is 298 g/mol. The van der Waals surface area contributed by atoms with Crippen molar-refractivity contribution in [3.8, 4) is 0 Å². The van der Waals surface area contributed by atoms with Crippen molar-refractivity contribution in [2.45, 2.75) is 23.0 Å². The molecule has 0 bridgehead atoms. The third-order valence-electron chi connectivity index (χ3n) is 4.20. The molecule has 0 unspecified atom stereocenters. The number of sulfone groups is 1. The van der Waals surface area contributed by atoms with E-state index in [0.29, 0.717) is 5.56 Å². The molecule has 0 radical (unpaired) electrons. The molecule has 20 heavy (non-hydrogen) atoms. The quantitative estimate of drug-likeness (QED) is 0.804. The summed E-state index contributed by atoms with van der Waals surface area (Å²) in [4.78, 5) is 0. The van der Waals surface area contributed by atoms with E-state index in [4.69, 9.17) is 10.1 Å². The van der Waals surface area contributed by atoms with Gasteiger partial charge in [-0.05, 0) is 24.6 Å². The zero-order valence-electron chi connectivity index (χ0n) is 10.9. The van der Waals surface area contributed by atoms with Gasteiger partial charge in [0.2, 0.25) is 0 Å². The molecule has 1 aromatic carbocycles. The van der Waals surface area contributed by atoms with Gasteiger partial charge in [-0.1, -0.05) is 12.1 Å². The lowest BCUT2D eigenvalue weighted by molar-refractivity contribution is 0.193. The first-order valence-electron chi connectivity index (χ1n) is 6.30. The van der Waals surface area contributed by atoms with Crippen LogP contribution in [-0.4, -0.2) is 38.8 Å². The topological polar surface area (TPSA) is 79.2 Å². The number of halogens is 1. The molecule has 7 heteroatoms. The third-order valence-corrected chi connectivity index (χ3v) is 7.04. The van der Waals surface area contributed by atoms with E-state index in [1.54, 1.807) is 0 Å². The minimum atomic E-state index is -3.65. The van der Waals surface area contributed by atoms with Crippen LogP contribution in [-0.2, 0) is 19.3 Å². The molecular formula is C13H15FN2O3S. The summed E-state index contributed by atoms with van der Waals surface area (Å²) in [5.41, 5.74) is 0.391. The van der Waals surface area contributed by atoms with Crippen LogP contribution >= 0.6 is 0 Å². The molecule has 2 heterocycles. The highest BCUT2D eigenvalue weighted by atomic mass is 32.2. The lowest BCUT2D eigenvalue weighted by Crippen LogP contribution is -2.63. The molecule has 0 saturated carbocycles. The van der Waals surface area contributed by atoms with Gasteiger partial charge in [0.05, 0.1) is 19.3 Å². The molecule has 2 saturated heterocycles. The molecule has 2 N–H and O–H groups in total. The fourth-order valence-corrected chi connectivity index (χ4v) is 5.09. The van der Waals surface area contributed by atoms with Gasteiger partial charge in [-0.25, -0.2) is 12.8 Å². The van der Waals surface area contributed by atoms with E-state index in [0.717, 1.165) is 0 Å². The number of hydrogen-bond acceptors (Lipinski definition) is 4. The van der Waals surface area contributed by atoms with E-state index >= 15 is 0 Å². The van der Waals surface area contributed by atoms with Crippen molar-refractivity contribution < 1.29 is 17.5 Å². The number of hydrogen-bond donors (Lipinski definition) is 2. The Morgan fingerprint density at radius 2 is 2.00 bits per heavy atom. The molecule has 0 aliphatic carbocycles. The molecule has 3 rings (SSSR count). The van der Waals surface area contributed by atoms with Gasteiger partial charge in [0, 0.05) is 0 Å². The van der Waals surface area contributed by atoms with Crippen LogP contribution in [0.25, 0.3) is 0 Å². The minimum Gasteiger partial charge on any atom is -0.378 e. The third kappa shape index (κ3) is 1.63. The van der Waals surface area contributed by atoms with E-state index in [-0.39, 0.29) is 25.1 Å². The van der Waals surface area contributed by atoms with Crippen LogP contribution < -0.4 is 5.32 Å². The van der Waals surface area contributed by atoms with Gasteiger partial charge in [-0.2, -0.15) is 0 Å². The van der Waals surface area contributed by atoms with Gasteiger partial charge >= 0.3 is 0 Å². The van der Waals surface area contributed by atoms with Gasteiger partial charge in [0.25, 0.3) is 0 Å². The number of ether oxygens (including phenoxy) is 1. The molecule has 5 nitrogen and oxygen atoms in total. The van der Waals surface area contributed by atoms with Crippen LogP contribution in [0.15, 0.2) is 24.3 Å². The number of amidine groups is 1. The van der Waals surface area contributed by atoms with Crippen LogP contribution in [0, 0.1) is 11.2 Å². The van der Waals surface area contributed by atoms with Crippen LogP contribution in [0.2, 0.25) is 0 Å². The Labute approximate surface area is 116 Å². The van der Waals surface area contributed by atoms with Gasteiger partial charge in [-0.3, -0.25) is 5.41 Å². The van der Waals surface area contributed by atoms with E-state index in [1.165, 1.54) is 31.2 Å². The lowest BCUT2D eigenvalue weighted by atomic mass is 9.97. The van der Waals surface area contributed by atoms with Gasteiger partial charge in [0.15, 0.2) is 14.6 Å². The first-order valence-corrected chi connectivity index (χ1v) is 7.85. The maximum absolute atomic E-state index is 13.0. The highest BCUT2D eigenvalue weighted by Crippen LogP contribution is 2.39. The summed E-state index contributed by atoms with van der Waals surface area (Å²) in [6.07, 6.45) is 0. The van der Waals surface area contributed by atoms with E-state index in [9.17, 15) is 12.8 Å². The fraction of sp³-hybridized carbons (Fsp3) is 0.462. The zero-order valence-corrected chi connectivity index (χ0v) is 11.7. The molecule has 1 aromatic rings. The summed E-state index contributed by atoms with van der Waals surface area (Å²) >= 11 is 0. The Balaban J connectivity index is 2.15. The molecule has 0 aromatic heterocycles. The maximum Gasteiger partial charge on any atom is 0.174 e. The van der Waals surface area contributed by atoms with Crippen molar-refractivity contribution >= 4 is 15.7 Å². The van der Waals surface area contributed by atoms with Gasteiger partial charge in [-0.15, -0.1) is 0 Å². The van der Waals surface area contributed by atoms with Crippen molar-refractivity contribution in [1.29, 1.82) is 5.41 Å². The predicted octanol–water partition coefficient (Wildman–Crippen LogP) is 0.804. The average Bonchev–Trinajstić information content (AvgIpc) is 2.86. The van der Waals surface area contributed by atoms with Crippen molar-refractivity contribution in [2.24, 2.45) is 0 Å². The summed E-state index contributed by atoms with van der Waals surface area (Å²) in [6.45, 7) is 1.90. The molecule has 0 spiro atoms. The van der Waals surface area contributed by atoms with Crippen molar-refractivity contribution in [3.63, 3.8) is 0 Å². The summed E-state index contributed by atoms with van der Waals surface area (Å²) in [7, 11) is -3.65. The molecule has 2 fully saturated rings. The highest BCUT2D eigenvalue weighted by molar-refractivity contribution is 7.94. The molecule has 0 amide bonds. The Bertz CT molecular complexity index is 659. The van der Waals surface area contributed by atoms with Gasteiger partial charge in [0.1, 0.15) is 16.9 Å². The standard InChI is InChI=1S/C13H15FN2O3S/c1-13(8-2-4-9(14)5-3-8)12(15)16-10-6-19-7-11(10)20(13,17)18/h2-5,10-11H,6-7H2,1H3,(H2,15,16)/t10-,11+,13-/m0/s1. The Morgan fingerprint density at radius 1 is 1.35 bits per heavy atom. The molecule has 2 aliphatic heterocycles. The Kier molecular flexibility index (Phi) is 2.88. The summed E-state index contributed by atoms with van der Waals surface area (Å²) in [6, 6.07) is 4.88. The van der Waals surface area contributed by atoms with E-state index in [1.807, 2.05) is 0 Å². The average molecular weight is 298 g/mol. The Hall–Kier alpha value is -1.47. The van der Waals surface area contributed by atoms with E-state index in [2.05, 4.69) is 5.32 Å². The molecule has 3 atom stereocenters. The molecular weight excluding hydrogens is 283 g/mol. The minimum absolute atomic E-state index is 0.0872. The summed E-state index contributed by atoms with van der Waals surface area (Å²) < 4.78 is 42.5. The number of benzene rings is 1. The predicted molar refractivity (Wildman–Crippen MR) is 71.9 cm³/mol. The fourth-order valence-electron chi connectivity index (χ4n) is 2.82. The highest BCUT2D eigenvalue weighted by Gasteiger charge is 2.57. The smallest absolute Gasteiger partial charge is 0.174 e. The van der Waals surface area contributed by atoms with Crippen molar-refractivity contribution in [1.82, 2.24) is 5.32 Å². The van der Waals surface area contributed by atoms with Crippen LogP contribution in [0.4, 0.5) is 4.39 Å². The van der Waals surface area contributed by atoms with Crippen LogP contribution in [0.1, 0.15) is 12.5 Å². The zero-order chi connectivity index (χ0) is 14.5. The lowest BCUT2D eigenvalue weighted by Gasteiger charge is -2.40. The summed E-state index contributed by atoms with van der Waals surface area (Å²) in [5.74, 6) is -0.525. The Morgan fingerprint density at radius 3 is 2.65 bits per heavy atom. The normalized spacial score (nSPS) is 35.4. The van der Waals surface area contributed by atoms with Crippen LogP contribution in [0.5, 0.6) is 0 Å². The van der Waals surface area contributed by atoms with Crippen molar-refractivity contribution in [3.05, 3.63) is 35.6 Å². The maximum atomic E-state index is 13.0. The molecule has 2 aliphatic rings. The van der Waals surface area contributed by atoms with Gasteiger partial charge < -0.3 is 10.1 Å². The first kappa shape index (κ1) is 13.5. The number of fused-ring (bicyclic) bond motifs is 1. The second kappa shape index (κ2) is 4.26. The molecule has 108 valence electrons. The van der Waals surface area contributed by atoms with E-state index < -0.39 is 25.7 Å². The number of rotatable bonds is 1. The SMILES string of the molecule is C[C@]1(c2ccc(F)cc2)C(=N)N[C@H]2COC[C@H]2S1(=O)=O. The first-order chi connectivity index (χ1) is 9.37. The second-order valence-electron chi connectivity index (χ2n) is 5.29. The van der Waals surface area contributed by atoms with Crippen LogP contribution in [0.3, 0.4) is 0 Å². The number of nitrogens with one attached hydrogen (secondary N) is 2.